The van der Waals surface area contributed by atoms with Gasteiger partial charge in [-0.25, -0.2) is 0 Å². The minimum Gasteiger partial charge on any atom is -0.326 e. The van der Waals surface area contributed by atoms with Crippen molar-refractivity contribution in [2.75, 3.05) is 35.6 Å². The van der Waals surface area contributed by atoms with E-state index >= 15 is 0 Å². The predicted molar refractivity (Wildman–Crippen MR) is 209 cm³/mol. The van der Waals surface area contributed by atoms with E-state index in [0.29, 0.717) is 18.6 Å². The Morgan fingerprint density at radius 2 is 1.22 bits per heavy atom. The van der Waals surface area contributed by atoms with Crippen LogP contribution in [0.15, 0.2) is 146 Å². The summed E-state index contributed by atoms with van der Waals surface area (Å²) < 4.78 is -0.447. The second kappa shape index (κ2) is 17.3. The summed E-state index contributed by atoms with van der Waals surface area (Å²) in [4.78, 5) is 30.9. The fourth-order valence-electron chi connectivity index (χ4n) is 7.14. The first kappa shape index (κ1) is 35.2. The Morgan fingerprint density at radius 1 is 0.720 bits per heavy atom. The van der Waals surface area contributed by atoms with Gasteiger partial charge in [0.05, 0.1) is 4.75 Å². The van der Waals surface area contributed by atoms with E-state index in [-0.39, 0.29) is 17.9 Å². The third kappa shape index (κ3) is 8.38. The van der Waals surface area contributed by atoms with Gasteiger partial charge in [-0.3, -0.25) is 9.59 Å². The molecule has 1 aliphatic rings. The van der Waals surface area contributed by atoms with E-state index < -0.39 is 4.75 Å². The van der Waals surface area contributed by atoms with Crippen LogP contribution in [0.5, 0.6) is 0 Å². The van der Waals surface area contributed by atoms with Crippen LogP contribution in [0.1, 0.15) is 54.9 Å². The molecular weight excluding hydrogens is 635 g/mol. The lowest BCUT2D eigenvalue weighted by molar-refractivity contribution is -0.119. The van der Waals surface area contributed by atoms with Crippen LogP contribution in [0, 0.1) is 0 Å². The second-order valence-electron chi connectivity index (χ2n) is 12.9. The summed E-state index contributed by atoms with van der Waals surface area (Å²) in [6, 6.07) is 50.3. The van der Waals surface area contributed by atoms with Gasteiger partial charge in [0.25, 0.3) is 0 Å². The second-order valence-corrected chi connectivity index (χ2v) is 14.2. The number of thioether (sulfide) groups is 1. The number of likely N-dealkylation sites (tertiary alicyclic amines) is 1. The topological polar surface area (TPSA) is 52.7 Å². The molecule has 0 spiro atoms. The molecule has 0 saturated carbocycles. The van der Waals surface area contributed by atoms with E-state index in [2.05, 4.69) is 113 Å². The Bertz CT molecular complexity index is 1700. The molecule has 50 heavy (non-hydrogen) atoms. The molecule has 1 N–H and O–H groups in total. The number of nitrogens with one attached hydrogen (secondary N) is 1. The summed E-state index contributed by atoms with van der Waals surface area (Å²) in [6.07, 6.45) is 3.66. The molecule has 0 unspecified atom stereocenters. The SMILES string of the molecule is CCC(=O)N(c1ccccc1)C1CCN(CCc2ccccc2NC(=O)CCSC(c2ccccc2)(c2ccccc2)c2ccccc2)CC1. The van der Waals surface area contributed by atoms with Gasteiger partial charge >= 0.3 is 0 Å². The van der Waals surface area contributed by atoms with Crippen molar-refractivity contribution in [3.05, 3.63) is 168 Å². The van der Waals surface area contributed by atoms with E-state index in [1.54, 1.807) is 0 Å². The maximum absolute atomic E-state index is 13.5. The van der Waals surface area contributed by atoms with Crippen molar-refractivity contribution in [1.29, 1.82) is 0 Å². The smallest absolute Gasteiger partial charge is 0.226 e. The van der Waals surface area contributed by atoms with Crippen molar-refractivity contribution < 1.29 is 9.59 Å². The van der Waals surface area contributed by atoms with E-state index in [1.165, 1.54) is 16.7 Å². The Kier molecular flexibility index (Phi) is 12.2. The molecule has 256 valence electrons. The molecule has 0 radical (unpaired) electrons. The zero-order valence-electron chi connectivity index (χ0n) is 28.9. The average Bonchev–Trinajstić information content (AvgIpc) is 3.18. The highest BCUT2D eigenvalue weighted by atomic mass is 32.2. The minimum atomic E-state index is -0.447. The number of hydrogen-bond donors (Lipinski definition) is 1. The summed E-state index contributed by atoms with van der Waals surface area (Å²) in [6.45, 7) is 4.75. The van der Waals surface area contributed by atoms with Gasteiger partial charge in [-0.2, -0.15) is 0 Å². The van der Waals surface area contributed by atoms with Gasteiger partial charge in [0.2, 0.25) is 11.8 Å². The molecule has 5 nitrogen and oxygen atoms in total. The monoisotopic (exact) mass is 681 g/mol. The summed E-state index contributed by atoms with van der Waals surface area (Å²) in [5.74, 6) is 0.862. The van der Waals surface area contributed by atoms with Crippen molar-refractivity contribution in [3.63, 3.8) is 0 Å². The molecule has 6 heteroatoms. The molecule has 6 rings (SSSR count). The lowest BCUT2D eigenvalue weighted by Gasteiger charge is -2.38. The fourth-order valence-corrected chi connectivity index (χ4v) is 8.64. The van der Waals surface area contributed by atoms with Crippen LogP contribution in [0.4, 0.5) is 11.4 Å². The van der Waals surface area contributed by atoms with E-state index in [4.69, 9.17) is 0 Å². The zero-order chi connectivity index (χ0) is 34.6. The molecule has 5 aromatic carbocycles. The molecule has 0 bridgehead atoms. The number of anilines is 2. The van der Waals surface area contributed by atoms with Crippen LogP contribution >= 0.6 is 11.8 Å². The number of hydrogen-bond acceptors (Lipinski definition) is 4. The molecule has 1 saturated heterocycles. The van der Waals surface area contributed by atoms with Crippen molar-refractivity contribution in [3.8, 4) is 0 Å². The van der Waals surface area contributed by atoms with Crippen molar-refractivity contribution in [2.24, 2.45) is 0 Å². The number of benzene rings is 5. The van der Waals surface area contributed by atoms with Gasteiger partial charge in [0, 0.05) is 55.6 Å². The minimum absolute atomic E-state index is 0.0236. The first-order valence-corrected chi connectivity index (χ1v) is 18.8. The average molecular weight is 682 g/mol. The number of piperidine rings is 1. The molecular formula is C44H47N3O2S. The van der Waals surface area contributed by atoms with Gasteiger partial charge < -0.3 is 15.1 Å². The van der Waals surface area contributed by atoms with Crippen LogP contribution in [-0.4, -0.2) is 48.1 Å². The quantitative estimate of drug-likeness (QED) is 0.119. The van der Waals surface area contributed by atoms with Gasteiger partial charge in [-0.05, 0) is 59.7 Å². The first-order valence-electron chi connectivity index (χ1n) is 17.9. The third-order valence-corrected chi connectivity index (χ3v) is 11.3. The van der Waals surface area contributed by atoms with Crippen molar-refractivity contribution >= 4 is 35.0 Å². The maximum Gasteiger partial charge on any atom is 0.226 e. The lowest BCUT2D eigenvalue weighted by Crippen LogP contribution is -2.47. The van der Waals surface area contributed by atoms with Crippen LogP contribution in [0.3, 0.4) is 0 Å². The highest BCUT2D eigenvalue weighted by Crippen LogP contribution is 2.48. The fraction of sp³-hybridized carbons (Fsp3) is 0.273. The summed E-state index contributed by atoms with van der Waals surface area (Å²) >= 11 is 1.81. The Labute approximate surface area is 301 Å². The molecule has 0 atom stereocenters. The highest BCUT2D eigenvalue weighted by Gasteiger charge is 2.37. The molecule has 1 heterocycles. The van der Waals surface area contributed by atoms with E-state index in [9.17, 15) is 9.59 Å². The van der Waals surface area contributed by atoms with Gasteiger partial charge in [0.15, 0.2) is 0 Å². The maximum atomic E-state index is 13.5. The number of nitrogens with zero attached hydrogens (tertiary/aromatic N) is 2. The molecule has 0 aromatic heterocycles. The Hall–Kier alpha value is -4.65. The number of amides is 2. The number of carbonyl (C=O) groups excluding carboxylic acids is 2. The number of para-hydroxylation sites is 2. The van der Waals surface area contributed by atoms with Gasteiger partial charge in [-0.15, -0.1) is 11.8 Å². The van der Waals surface area contributed by atoms with Gasteiger partial charge in [-0.1, -0.05) is 134 Å². The summed E-state index contributed by atoms with van der Waals surface area (Å²) in [5, 5.41) is 3.25. The Balaban J connectivity index is 1.07. The molecule has 1 fully saturated rings. The number of carbonyl (C=O) groups is 2. The lowest BCUT2D eigenvalue weighted by atomic mass is 9.84. The van der Waals surface area contributed by atoms with Crippen LogP contribution in [0.25, 0.3) is 0 Å². The van der Waals surface area contributed by atoms with Crippen LogP contribution < -0.4 is 10.2 Å². The third-order valence-electron chi connectivity index (χ3n) is 9.71. The Morgan fingerprint density at radius 3 is 1.76 bits per heavy atom. The molecule has 2 amide bonds. The first-order chi connectivity index (χ1) is 24.6. The van der Waals surface area contributed by atoms with Crippen molar-refractivity contribution in [2.45, 2.75) is 49.8 Å². The zero-order valence-corrected chi connectivity index (χ0v) is 29.7. The van der Waals surface area contributed by atoms with E-state index in [0.717, 1.165) is 55.8 Å². The van der Waals surface area contributed by atoms with Crippen molar-refractivity contribution in [1.82, 2.24) is 4.90 Å². The standard InChI is InChI=1S/C44H47N3O2S/c1-2-43(49)47(39-24-13-6-14-25-39)40-28-32-46(33-29-40)31-27-35-17-15-16-26-41(35)45-42(48)30-34-50-44(36-18-7-3-8-19-36,37-20-9-4-10-21-37)38-22-11-5-12-23-38/h3-26,40H,2,27-34H2,1H3,(H,45,48). The van der Waals surface area contributed by atoms with Gasteiger partial charge in [0.1, 0.15) is 0 Å². The summed E-state index contributed by atoms with van der Waals surface area (Å²) in [7, 11) is 0. The molecule has 0 aliphatic carbocycles. The predicted octanol–water partition coefficient (Wildman–Crippen LogP) is 9.19. The van der Waals surface area contributed by atoms with Crippen LogP contribution in [0.2, 0.25) is 0 Å². The normalized spacial score (nSPS) is 13.9. The largest absolute Gasteiger partial charge is 0.326 e. The molecule has 5 aromatic rings. The molecule has 1 aliphatic heterocycles. The summed E-state index contributed by atoms with van der Waals surface area (Å²) in [5.41, 5.74) is 6.62. The van der Waals surface area contributed by atoms with Crippen LogP contribution in [-0.2, 0) is 20.8 Å². The highest BCUT2D eigenvalue weighted by molar-refractivity contribution is 8.00. The number of rotatable bonds is 14. The van der Waals surface area contributed by atoms with E-state index in [1.807, 2.05) is 66.1 Å².